The highest BCUT2D eigenvalue weighted by molar-refractivity contribution is 6.11. The lowest BCUT2D eigenvalue weighted by atomic mass is 9.45. The summed E-state index contributed by atoms with van der Waals surface area (Å²) in [7, 11) is 0. The minimum absolute atomic E-state index is 0.216. The van der Waals surface area contributed by atoms with Crippen molar-refractivity contribution in [2.75, 3.05) is 25.0 Å². The Morgan fingerprint density at radius 2 is 1.76 bits per heavy atom. The molecule has 37 heavy (non-hydrogen) atoms. The standard InChI is InChI=1S/C29H34N4O4/c1-29(2)20-13-12-19(22(29)14-20)15-32(16-24(30)34)25(35)17-33-26(18-8-4-3-5-9-18)27(36)31-23-11-7-6-10-21(23)28(33)37/h3-11,19-20,22,26H,12-17H2,1-2H3,(H2,30,34)(H,31,36)/t19-,20+,22+,26-/m0/s1. The Labute approximate surface area is 217 Å². The molecule has 3 aliphatic carbocycles. The van der Waals surface area contributed by atoms with Crippen molar-refractivity contribution in [2.24, 2.45) is 28.9 Å². The van der Waals surface area contributed by atoms with Gasteiger partial charge in [0.1, 0.15) is 12.6 Å². The highest BCUT2D eigenvalue weighted by atomic mass is 16.2. The van der Waals surface area contributed by atoms with E-state index in [2.05, 4.69) is 19.2 Å². The number of carbonyl (C=O) groups excluding carboxylic acids is 4. The number of fused-ring (bicyclic) bond motifs is 3. The van der Waals surface area contributed by atoms with Crippen molar-refractivity contribution in [1.82, 2.24) is 9.80 Å². The second-order valence-electron chi connectivity index (χ2n) is 11.2. The molecule has 0 unspecified atom stereocenters. The second kappa shape index (κ2) is 9.65. The fourth-order valence-electron chi connectivity index (χ4n) is 6.68. The molecule has 8 heteroatoms. The van der Waals surface area contributed by atoms with Crippen LogP contribution in [0.1, 0.15) is 55.1 Å². The van der Waals surface area contributed by atoms with Gasteiger partial charge in [0.2, 0.25) is 11.8 Å². The maximum absolute atomic E-state index is 13.8. The van der Waals surface area contributed by atoms with Crippen LogP contribution in [-0.4, -0.2) is 53.1 Å². The van der Waals surface area contributed by atoms with Gasteiger partial charge in [-0.15, -0.1) is 0 Å². The minimum Gasteiger partial charge on any atom is -0.368 e. The molecule has 2 bridgehead atoms. The first-order valence-corrected chi connectivity index (χ1v) is 13.0. The molecule has 194 valence electrons. The topological polar surface area (TPSA) is 113 Å². The normalized spacial score (nSPS) is 25.8. The molecule has 4 atom stereocenters. The summed E-state index contributed by atoms with van der Waals surface area (Å²) in [5.74, 6) is -0.321. The van der Waals surface area contributed by atoms with E-state index in [1.54, 1.807) is 48.5 Å². The predicted molar refractivity (Wildman–Crippen MR) is 139 cm³/mol. The number of nitrogens with one attached hydrogen (secondary N) is 1. The van der Waals surface area contributed by atoms with Crippen LogP contribution in [0.15, 0.2) is 54.6 Å². The van der Waals surface area contributed by atoms with Gasteiger partial charge < -0.3 is 20.9 Å². The molecule has 3 fully saturated rings. The zero-order valence-electron chi connectivity index (χ0n) is 21.4. The van der Waals surface area contributed by atoms with Crippen molar-refractivity contribution in [2.45, 2.75) is 39.2 Å². The number of benzene rings is 2. The number of hydrogen-bond acceptors (Lipinski definition) is 4. The predicted octanol–water partition coefficient (Wildman–Crippen LogP) is 3.21. The maximum atomic E-state index is 13.8. The van der Waals surface area contributed by atoms with Crippen molar-refractivity contribution in [3.63, 3.8) is 0 Å². The van der Waals surface area contributed by atoms with Crippen LogP contribution in [0.25, 0.3) is 0 Å². The number of rotatable bonds is 7. The largest absolute Gasteiger partial charge is 0.368 e. The molecule has 1 aliphatic heterocycles. The number of amides is 4. The number of nitrogens with zero attached hydrogens (tertiary/aromatic N) is 2. The van der Waals surface area contributed by atoms with E-state index < -0.39 is 23.8 Å². The van der Waals surface area contributed by atoms with E-state index in [1.807, 2.05) is 6.07 Å². The first-order valence-electron chi connectivity index (χ1n) is 13.0. The van der Waals surface area contributed by atoms with E-state index in [0.29, 0.717) is 35.2 Å². The van der Waals surface area contributed by atoms with Crippen LogP contribution < -0.4 is 11.1 Å². The Morgan fingerprint density at radius 3 is 2.43 bits per heavy atom. The van der Waals surface area contributed by atoms with Gasteiger partial charge >= 0.3 is 0 Å². The quantitative estimate of drug-likeness (QED) is 0.605. The van der Waals surface area contributed by atoms with Crippen molar-refractivity contribution in [3.05, 3.63) is 65.7 Å². The van der Waals surface area contributed by atoms with E-state index >= 15 is 0 Å². The van der Waals surface area contributed by atoms with Gasteiger partial charge in [-0.2, -0.15) is 0 Å². The van der Waals surface area contributed by atoms with Gasteiger partial charge in [-0.1, -0.05) is 56.3 Å². The molecule has 2 aromatic rings. The van der Waals surface area contributed by atoms with Crippen LogP contribution in [0.4, 0.5) is 5.69 Å². The Kier molecular flexibility index (Phi) is 6.52. The van der Waals surface area contributed by atoms with E-state index in [1.165, 1.54) is 9.80 Å². The van der Waals surface area contributed by atoms with Crippen LogP contribution in [-0.2, 0) is 14.4 Å². The number of nitrogens with two attached hydrogens (primary N) is 1. The van der Waals surface area contributed by atoms with Crippen molar-refractivity contribution in [1.29, 1.82) is 0 Å². The number of para-hydroxylation sites is 1. The third kappa shape index (κ3) is 4.61. The fourth-order valence-corrected chi connectivity index (χ4v) is 6.68. The summed E-state index contributed by atoms with van der Waals surface area (Å²) in [4.78, 5) is 55.7. The molecule has 3 saturated carbocycles. The molecular formula is C29H34N4O4. The minimum atomic E-state index is -0.999. The van der Waals surface area contributed by atoms with Gasteiger partial charge in [-0.3, -0.25) is 19.2 Å². The average Bonchev–Trinajstić information content (AvgIpc) is 2.97. The molecule has 3 N–H and O–H groups in total. The summed E-state index contributed by atoms with van der Waals surface area (Å²) >= 11 is 0. The maximum Gasteiger partial charge on any atom is 0.257 e. The molecule has 8 nitrogen and oxygen atoms in total. The zero-order chi connectivity index (χ0) is 26.3. The highest BCUT2D eigenvalue weighted by Gasteiger charge is 2.54. The number of hydrogen-bond donors (Lipinski definition) is 2. The Bertz CT molecular complexity index is 1230. The molecular weight excluding hydrogens is 468 g/mol. The third-order valence-corrected chi connectivity index (χ3v) is 8.81. The van der Waals surface area contributed by atoms with Crippen LogP contribution in [0.2, 0.25) is 0 Å². The van der Waals surface area contributed by atoms with Crippen LogP contribution in [0.5, 0.6) is 0 Å². The second-order valence-corrected chi connectivity index (χ2v) is 11.2. The summed E-state index contributed by atoms with van der Waals surface area (Å²) in [6.45, 7) is 4.44. The number of primary amides is 1. The monoisotopic (exact) mass is 502 g/mol. The van der Waals surface area contributed by atoms with E-state index in [9.17, 15) is 19.2 Å². The molecule has 4 amide bonds. The van der Waals surface area contributed by atoms with Gasteiger partial charge in [0.15, 0.2) is 0 Å². The van der Waals surface area contributed by atoms with Gasteiger partial charge in [0.25, 0.3) is 11.8 Å². The Hall–Kier alpha value is -3.68. The molecule has 0 radical (unpaired) electrons. The summed E-state index contributed by atoms with van der Waals surface area (Å²) in [6, 6.07) is 14.7. The Morgan fingerprint density at radius 1 is 1.05 bits per heavy atom. The first kappa shape index (κ1) is 25.0. The molecule has 0 aromatic heterocycles. The number of carbonyl (C=O) groups is 4. The van der Waals surface area contributed by atoms with Gasteiger partial charge in [-0.25, -0.2) is 0 Å². The summed E-state index contributed by atoms with van der Waals surface area (Å²) in [5, 5.41) is 2.85. The molecule has 6 rings (SSSR count). The van der Waals surface area contributed by atoms with Gasteiger partial charge in [-0.05, 0) is 60.1 Å². The van der Waals surface area contributed by atoms with E-state index in [-0.39, 0.29) is 30.3 Å². The summed E-state index contributed by atoms with van der Waals surface area (Å²) in [6.07, 6.45) is 3.27. The highest BCUT2D eigenvalue weighted by Crippen LogP contribution is 2.61. The summed E-state index contributed by atoms with van der Waals surface area (Å²) in [5.41, 5.74) is 7.10. The van der Waals surface area contributed by atoms with Crippen molar-refractivity contribution in [3.8, 4) is 0 Å². The van der Waals surface area contributed by atoms with Crippen LogP contribution in [0.3, 0.4) is 0 Å². The lowest BCUT2D eigenvalue weighted by Gasteiger charge is -2.60. The summed E-state index contributed by atoms with van der Waals surface area (Å²) < 4.78 is 0. The van der Waals surface area contributed by atoms with Crippen molar-refractivity contribution < 1.29 is 19.2 Å². The molecule has 0 spiro atoms. The third-order valence-electron chi connectivity index (χ3n) is 8.81. The van der Waals surface area contributed by atoms with Gasteiger partial charge in [0.05, 0.1) is 17.8 Å². The zero-order valence-corrected chi connectivity index (χ0v) is 21.4. The molecule has 0 saturated heterocycles. The van der Waals surface area contributed by atoms with Crippen molar-refractivity contribution >= 4 is 29.3 Å². The smallest absolute Gasteiger partial charge is 0.257 e. The van der Waals surface area contributed by atoms with Gasteiger partial charge in [0, 0.05) is 6.54 Å². The average molecular weight is 503 g/mol. The van der Waals surface area contributed by atoms with Crippen LogP contribution >= 0.6 is 0 Å². The molecule has 4 aliphatic rings. The molecule has 2 aromatic carbocycles. The molecule has 1 heterocycles. The number of anilines is 1. The van der Waals surface area contributed by atoms with E-state index in [0.717, 1.165) is 19.3 Å². The first-order chi connectivity index (χ1) is 17.7. The lowest BCUT2D eigenvalue weighted by molar-refractivity contribution is -0.143. The van der Waals surface area contributed by atoms with E-state index in [4.69, 9.17) is 5.73 Å². The Balaban J connectivity index is 1.44. The lowest BCUT2D eigenvalue weighted by Crippen LogP contribution is -2.56. The SMILES string of the molecule is CC1(C)[C@@H]2CC[C@@H](CN(CC(N)=O)C(=O)CN3C(=O)c4ccccc4NC(=O)[C@@H]3c3ccccc3)[C@H]1C2. The fraction of sp³-hybridized carbons (Fsp3) is 0.448. The van der Waals surface area contributed by atoms with Crippen LogP contribution in [0, 0.1) is 23.2 Å².